The molecule has 1 aliphatic rings. The average molecular weight is 258 g/mol. The van der Waals surface area contributed by atoms with Gasteiger partial charge in [-0.1, -0.05) is 36.4 Å². The van der Waals surface area contributed by atoms with Crippen LogP contribution in [0.25, 0.3) is 0 Å². The first-order valence-electron chi connectivity index (χ1n) is 6.48. The molecule has 94 valence electrons. The van der Waals surface area contributed by atoms with Crippen LogP contribution in [0.3, 0.4) is 0 Å². The van der Waals surface area contributed by atoms with Crippen LogP contribution in [0.2, 0.25) is 0 Å². The van der Waals surface area contributed by atoms with E-state index in [0.717, 1.165) is 26.2 Å². The molecule has 1 aromatic heterocycles. The fourth-order valence-corrected chi connectivity index (χ4v) is 3.46. The molecule has 18 heavy (non-hydrogen) atoms. The third-order valence-corrected chi connectivity index (χ3v) is 4.37. The minimum Gasteiger partial charge on any atom is -0.314 e. The first kappa shape index (κ1) is 11.9. The van der Waals surface area contributed by atoms with E-state index < -0.39 is 0 Å². The Bertz CT molecular complexity index is 461. The van der Waals surface area contributed by atoms with Crippen LogP contribution in [-0.4, -0.2) is 31.1 Å². The molecule has 0 amide bonds. The van der Waals surface area contributed by atoms with Gasteiger partial charge in [0.1, 0.15) is 0 Å². The van der Waals surface area contributed by atoms with Crippen molar-refractivity contribution in [1.82, 2.24) is 10.2 Å². The van der Waals surface area contributed by atoms with Crippen LogP contribution in [0, 0.1) is 0 Å². The van der Waals surface area contributed by atoms with E-state index in [0.29, 0.717) is 6.04 Å². The van der Waals surface area contributed by atoms with E-state index in [-0.39, 0.29) is 0 Å². The van der Waals surface area contributed by atoms with Gasteiger partial charge in [0.05, 0.1) is 6.04 Å². The first-order chi connectivity index (χ1) is 8.95. The highest BCUT2D eigenvalue weighted by molar-refractivity contribution is 7.10. The van der Waals surface area contributed by atoms with E-state index in [1.165, 1.54) is 10.4 Å². The second-order valence-corrected chi connectivity index (χ2v) is 5.59. The molecule has 2 nitrogen and oxygen atoms in total. The highest BCUT2D eigenvalue weighted by Gasteiger charge is 2.24. The number of benzene rings is 1. The molecule has 3 heteroatoms. The number of hydrogen-bond donors (Lipinski definition) is 1. The SMILES string of the molecule is c1ccc([C@@H](c2cccs2)N2CCNCC2)cc1. The molecule has 0 spiro atoms. The summed E-state index contributed by atoms with van der Waals surface area (Å²) in [6.07, 6.45) is 0. The van der Waals surface area contributed by atoms with Crippen LogP contribution in [-0.2, 0) is 0 Å². The lowest BCUT2D eigenvalue weighted by Gasteiger charge is -2.34. The normalized spacial score (nSPS) is 18.7. The predicted molar refractivity (Wildman–Crippen MR) is 77.0 cm³/mol. The Morgan fingerprint density at radius 2 is 1.78 bits per heavy atom. The van der Waals surface area contributed by atoms with Gasteiger partial charge in [-0.05, 0) is 17.0 Å². The molecule has 0 bridgehead atoms. The van der Waals surface area contributed by atoms with Gasteiger partial charge in [0.25, 0.3) is 0 Å². The Balaban J connectivity index is 1.93. The Labute approximate surface area is 112 Å². The molecule has 0 saturated carbocycles. The molecule has 1 atom stereocenters. The van der Waals surface area contributed by atoms with E-state index in [9.17, 15) is 0 Å². The van der Waals surface area contributed by atoms with Crippen molar-refractivity contribution in [2.24, 2.45) is 0 Å². The molecule has 2 aromatic rings. The molecular weight excluding hydrogens is 240 g/mol. The van der Waals surface area contributed by atoms with Gasteiger partial charge >= 0.3 is 0 Å². The zero-order valence-corrected chi connectivity index (χ0v) is 11.2. The third kappa shape index (κ3) is 2.48. The van der Waals surface area contributed by atoms with E-state index in [1.807, 2.05) is 11.3 Å². The minimum atomic E-state index is 0.424. The number of nitrogens with one attached hydrogen (secondary N) is 1. The summed E-state index contributed by atoms with van der Waals surface area (Å²) in [5.41, 5.74) is 1.40. The third-order valence-electron chi connectivity index (χ3n) is 3.44. The van der Waals surface area contributed by atoms with Crippen molar-refractivity contribution in [3.63, 3.8) is 0 Å². The van der Waals surface area contributed by atoms with Crippen LogP contribution in [0.4, 0.5) is 0 Å². The Hall–Kier alpha value is -1.16. The van der Waals surface area contributed by atoms with E-state index in [1.54, 1.807) is 0 Å². The van der Waals surface area contributed by atoms with Gasteiger partial charge < -0.3 is 5.32 Å². The molecular formula is C15H18N2S. The average Bonchev–Trinajstić information content (AvgIpc) is 2.95. The van der Waals surface area contributed by atoms with Crippen molar-refractivity contribution in [3.8, 4) is 0 Å². The maximum atomic E-state index is 3.43. The molecule has 0 aliphatic carbocycles. The monoisotopic (exact) mass is 258 g/mol. The van der Waals surface area contributed by atoms with Gasteiger partial charge in [-0.25, -0.2) is 0 Å². The Morgan fingerprint density at radius 3 is 2.44 bits per heavy atom. The molecule has 0 radical (unpaired) electrons. The lowest BCUT2D eigenvalue weighted by molar-refractivity contribution is 0.200. The van der Waals surface area contributed by atoms with Crippen molar-refractivity contribution in [3.05, 3.63) is 58.3 Å². The summed E-state index contributed by atoms with van der Waals surface area (Å²) in [6.45, 7) is 4.43. The lowest BCUT2D eigenvalue weighted by Crippen LogP contribution is -2.45. The van der Waals surface area contributed by atoms with Crippen LogP contribution in [0.1, 0.15) is 16.5 Å². The summed E-state index contributed by atoms with van der Waals surface area (Å²) in [5, 5.41) is 5.60. The quantitative estimate of drug-likeness (QED) is 0.910. The summed E-state index contributed by atoms with van der Waals surface area (Å²) in [6, 6.07) is 15.7. The Morgan fingerprint density at radius 1 is 1.00 bits per heavy atom. The zero-order valence-electron chi connectivity index (χ0n) is 10.4. The second-order valence-electron chi connectivity index (χ2n) is 4.61. The molecule has 1 fully saturated rings. The van der Waals surface area contributed by atoms with Gasteiger partial charge in [-0.15, -0.1) is 11.3 Å². The summed E-state index contributed by atoms with van der Waals surface area (Å²) in [7, 11) is 0. The minimum absolute atomic E-state index is 0.424. The molecule has 1 saturated heterocycles. The van der Waals surface area contributed by atoms with Gasteiger partial charge in [-0.3, -0.25) is 4.90 Å². The van der Waals surface area contributed by atoms with E-state index in [2.05, 4.69) is 58.1 Å². The highest BCUT2D eigenvalue weighted by atomic mass is 32.1. The molecule has 0 unspecified atom stereocenters. The van der Waals surface area contributed by atoms with Crippen LogP contribution >= 0.6 is 11.3 Å². The lowest BCUT2D eigenvalue weighted by atomic mass is 10.0. The summed E-state index contributed by atoms with van der Waals surface area (Å²) < 4.78 is 0. The number of piperazine rings is 1. The van der Waals surface area contributed by atoms with Crippen molar-refractivity contribution in [1.29, 1.82) is 0 Å². The Kier molecular flexibility index (Phi) is 3.74. The van der Waals surface area contributed by atoms with Crippen LogP contribution < -0.4 is 5.32 Å². The summed E-state index contributed by atoms with van der Waals surface area (Å²) in [5.74, 6) is 0. The smallest absolute Gasteiger partial charge is 0.0696 e. The van der Waals surface area contributed by atoms with Crippen molar-refractivity contribution >= 4 is 11.3 Å². The highest BCUT2D eigenvalue weighted by Crippen LogP contribution is 2.31. The van der Waals surface area contributed by atoms with E-state index >= 15 is 0 Å². The molecule has 3 rings (SSSR count). The van der Waals surface area contributed by atoms with Crippen molar-refractivity contribution in [2.45, 2.75) is 6.04 Å². The van der Waals surface area contributed by atoms with E-state index in [4.69, 9.17) is 0 Å². The zero-order chi connectivity index (χ0) is 12.2. The standard InChI is InChI=1S/C15H18N2S/c1-2-5-13(6-3-1)15(14-7-4-12-18-14)17-10-8-16-9-11-17/h1-7,12,15-16H,8-11H2/t15-/m0/s1. The topological polar surface area (TPSA) is 15.3 Å². The molecule has 2 heterocycles. The second kappa shape index (κ2) is 5.65. The number of hydrogen-bond acceptors (Lipinski definition) is 3. The van der Waals surface area contributed by atoms with Crippen LogP contribution in [0.5, 0.6) is 0 Å². The fraction of sp³-hybridized carbons (Fsp3) is 0.333. The summed E-state index contributed by atoms with van der Waals surface area (Å²) in [4.78, 5) is 4.03. The number of nitrogens with zero attached hydrogens (tertiary/aromatic N) is 1. The maximum Gasteiger partial charge on any atom is 0.0696 e. The first-order valence-corrected chi connectivity index (χ1v) is 7.36. The van der Waals surface area contributed by atoms with Gasteiger partial charge in [0, 0.05) is 31.1 Å². The molecule has 1 N–H and O–H groups in total. The largest absolute Gasteiger partial charge is 0.314 e. The predicted octanol–water partition coefficient (Wildman–Crippen LogP) is 2.74. The van der Waals surface area contributed by atoms with Gasteiger partial charge in [0.15, 0.2) is 0 Å². The van der Waals surface area contributed by atoms with Crippen molar-refractivity contribution in [2.75, 3.05) is 26.2 Å². The number of rotatable bonds is 3. The molecule has 1 aliphatic heterocycles. The van der Waals surface area contributed by atoms with Gasteiger partial charge in [-0.2, -0.15) is 0 Å². The molecule has 1 aromatic carbocycles. The fourth-order valence-electron chi connectivity index (χ4n) is 2.58. The van der Waals surface area contributed by atoms with Crippen LogP contribution in [0.15, 0.2) is 47.8 Å². The van der Waals surface area contributed by atoms with Gasteiger partial charge in [0.2, 0.25) is 0 Å². The number of thiophene rings is 1. The summed E-state index contributed by atoms with van der Waals surface area (Å²) >= 11 is 1.86. The maximum absolute atomic E-state index is 3.43. The van der Waals surface area contributed by atoms with Crippen molar-refractivity contribution < 1.29 is 0 Å².